The van der Waals surface area contributed by atoms with Crippen LogP contribution in [-0.2, 0) is 4.79 Å². The summed E-state index contributed by atoms with van der Waals surface area (Å²) in [6.07, 6.45) is -4.56. The van der Waals surface area contributed by atoms with Gasteiger partial charge in [-0.25, -0.2) is 0 Å². The first-order valence-electron chi connectivity index (χ1n) is 4.68. The van der Waals surface area contributed by atoms with Crippen molar-refractivity contribution < 1.29 is 23.1 Å². The molecule has 0 fully saturated rings. The Kier molecular flexibility index (Phi) is 3.57. The molecular weight excluding hydrogens is 221 g/mol. The third kappa shape index (κ3) is 2.74. The number of aliphatic carboxylic acids is 1. The number of carboxylic acids is 1. The molecule has 1 aromatic carbocycles. The van der Waals surface area contributed by atoms with E-state index in [-0.39, 0.29) is 5.56 Å². The molecule has 0 aliphatic carbocycles. The van der Waals surface area contributed by atoms with Gasteiger partial charge in [-0.2, -0.15) is 13.2 Å². The third-order valence-corrected chi connectivity index (χ3v) is 2.40. The van der Waals surface area contributed by atoms with E-state index in [1.165, 1.54) is 24.3 Å². The zero-order valence-corrected chi connectivity index (χ0v) is 8.53. The number of hydrogen-bond acceptors (Lipinski definition) is 1. The number of halogens is 3. The summed E-state index contributed by atoms with van der Waals surface area (Å²) in [6, 6.07) is 7.09. The molecular formula is C11H11F3O2. The number of rotatable bonds is 3. The predicted molar refractivity (Wildman–Crippen MR) is 52.0 cm³/mol. The van der Waals surface area contributed by atoms with Gasteiger partial charge in [-0.05, 0) is 5.56 Å². The Balaban J connectivity index is 3.12. The number of alkyl halides is 3. The first-order chi connectivity index (χ1) is 7.34. The number of hydrogen-bond donors (Lipinski definition) is 1. The maximum Gasteiger partial charge on any atom is 0.396 e. The number of carbonyl (C=O) groups is 1. The second kappa shape index (κ2) is 4.55. The van der Waals surface area contributed by atoms with E-state index < -0.39 is 24.0 Å². The summed E-state index contributed by atoms with van der Waals surface area (Å²) in [5.74, 6) is -4.92. The van der Waals surface area contributed by atoms with Gasteiger partial charge in [-0.3, -0.25) is 4.79 Å². The van der Waals surface area contributed by atoms with Gasteiger partial charge in [0.25, 0.3) is 0 Å². The molecule has 0 heterocycles. The Morgan fingerprint density at radius 1 is 1.25 bits per heavy atom. The fraction of sp³-hybridized carbons (Fsp3) is 0.364. The molecule has 0 saturated carbocycles. The Hall–Kier alpha value is -1.52. The lowest BCUT2D eigenvalue weighted by Gasteiger charge is -2.24. The molecule has 0 saturated heterocycles. The lowest BCUT2D eigenvalue weighted by Crippen LogP contribution is -2.31. The summed E-state index contributed by atoms with van der Waals surface area (Å²) in [5.41, 5.74) is -0.0232. The van der Waals surface area contributed by atoms with Crippen molar-refractivity contribution >= 4 is 5.97 Å². The van der Waals surface area contributed by atoms with Crippen molar-refractivity contribution in [2.24, 2.45) is 5.92 Å². The summed E-state index contributed by atoms with van der Waals surface area (Å²) in [5, 5.41) is 8.68. The average molecular weight is 232 g/mol. The molecule has 0 amide bonds. The number of carboxylic acid groups (broad SMARTS) is 1. The van der Waals surface area contributed by atoms with Crippen LogP contribution >= 0.6 is 0 Å². The van der Waals surface area contributed by atoms with Crippen molar-refractivity contribution in [3.8, 4) is 0 Å². The maximum absolute atomic E-state index is 12.8. The van der Waals surface area contributed by atoms with Gasteiger partial charge in [0.05, 0.1) is 11.8 Å². The molecule has 1 N–H and O–H groups in total. The highest BCUT2D eigenvalue weighted by Crippen LogP contribution is 2.40. The van der Waals surface area contributed by atoms with Crippen LogP contribution in [0.15, 0.2) is 30.3 Å². The van der Waals surface area contributed by atoms with Gasteiger partial charge >= 0.3 is 12.1 Å². The fourth-order valence-electron chi connectivity index (χ4n) is 1.56. The molecule has 0 aliphatic heterocycles. The van der Waals surface area contributed by atoms with E-state index in [1.807, 2.05) is 0 Å². The van der Waals surface area contributed by atoms with Crippen molar-refractivity contribution in [1.82, 2.24) is 0 Å². The lowest BCUT2D eigenvalue weighted by atomic mass is 9.87. The van der Waals surface area contributed by atoms with E-state index in [9.17, 15) is 18.0 Å². The van der Waals surface area contributed by atoms with Crippen LogP contribution in [0.3, 0.4) is 0 Å². The van der Waals surface area contributed by atoms with Gasteiger partial charge in [-0.1, -0.05) is 37.3 Å². The van der Waals surface area contributed by atoms with E-state index in [0.717, 1.165) is 6.92 Å². The normalized spacial score (nSPS) is 15.5. The van der Waals surface area contributed by atoms with E-state index >= 15 is 0 Å². The third-order valence-electron chi connectivity index (χ3n) is 2.40. The summed E-state index contributed by atoms with van der Waals surface area (Å²) in [7, 11) is 0. The summed E-state index contributed by atoms with van der Waals surface area (Å²) in [4.78, 5) is 10.7. The molecule has 2 unspecified atom stereocenters. The molecule has 0 bridgehead atoms. The molecule has 2 nitrogen and oxygen atoms in total. The van der Waals surface area contributed by atoms with E-state index in [4.69, 9.17) is 5.11 Å². The Morgan fingerprint density at radius 3 is 2.12 bits per heavy atom. The minimum Gasteiger partial charge on any atom is -0.481 e. The fourth-order valence-corrected chi connectivity index (χ4v) is 1.56. The topological polar surface area (TPSA) is 37.3 Å². The van der Waals surface area contributed by atoms with E-state index in [1.54, 1.807) is 6.07 Å². The quantitative estimate of drug-likeness (QED) is 0.869. The van der Waals surface area contributed by atoms with E-state index in [2.05, 4.69) is 0 Å². The first kappa shape index (κ1) is 12.5. The Morgan fingerprint density at radius 2 is 1.75 bits per heavy atom. The van der Waals surface area contributed by atoms with Crippen LogP contribution in [0, 0.1) is 5.92 Å². The van der Waals surface area contributed by atoms with Crippen LogP contribution in [-0.4, -0.2) is 17.3 Å². The minimum atomic E-state index is -4.56. The summed E-state index contributed by atoms with van der Waals surface area (Å²) in [6.45, 7) is 1.06. The number of benzene rings is 1. The van der Waals surface area contributed by atoms with Gasteiger partial charge in [0.15, 0.2) is 0 Å². The van der Waals surface area contributed by atoms with Gasteiger partial charge in [0.2, 0.25) is 0 Å². The molecule has 1 aromatic rings. The molecule has 1 rings (SSSR count). The molecule has 88 valence electrons. The van der Waals surface area contributed by atoms with Crippen LogP contribution in [0.25, 0.3) is 0 Å². The molecule has 0 spiro atoms. The van der Waals surface area contributed by atoms with Crippen LogP contribution in [0.4, 0.5) is 13.2 Å². The highest BCUT2D eigenvalue weighted by atomic mass is 19.4. The van der Waals surface area contributed by atoms with Crippen LogP contribution in [0.5, 0.6) is 0 Å². The predicted octanol–water partition coefficient (Wildman–Crippen LogP) is 3.05. The molecule has 16 heavy (non-hydrogen) atoms. The highest BCUT2D eigenvalue weighted by Gasteiger charge is 2.46. The smallest absolute Gasteiger partial charge is 0.396 e. The zero-order valence-electron chi connectivity index (χ0n) is 8.53. The van der Waals surface area contributed by atoms with Gasteiger partial charge in [-0.15, -0.1) is 0 Å². The van der Waals surface area contributed by atoms with Gasteiger partial charge in [0.1, 0.15) is 0 Å². The van der Waals surface area contributed by atoms with Crippen molar-refractivity contribution in [3.63, 3.8) is 0 Å². The standard InChI is InChI=1S/C11H11F3O2/c1-7(10(15)16)9(11(12,13)14)8-5-3-2-4-6-8/h2-7,9H,1H3,(H,15,16). The van der Waals surface area contributed by atoms with Crippen molar-refractivity contribution in [1.29, 1.82) is 0 Å². The largest absolute Gasteiger partial charge is 0.481 e. The lowest BCUT2D eigenvalue weighted by molar-refractivity contribution is -0.173. The molecule has 0 radical (unpaired) electrons. The Labute approximate surface area is 90.7 Å². The van der Waals surface area contributed by atoms with Gasteiger partial charge in [0, 0.05) is 0 Å². The van der Waals surface area contributed by atoms with Crippen LogP contribution in [0.1, 0.15) is 18.4 Å². The van der Waals surface area contributed by atoms with Gasteiger partial charge < -0.3 is 5.11 Å². The van der Waals surface area contributed by atoms with E-state index in [0.29, 0.717) is 0 Å². The van der Waals surface area contributed by atoms with Crippen molar-refractivity contribution in [2.75, 3.05) is 0 Å². The summed E-state index contributed by atoms with van der Waals surface area (Å²) < 4.78 is 38.3. The van der Waals surface area contributed by atoms with Crippen LogP contribution in [0.2, 0.25) is 0 Å². The van der Waals surface area contributed by atoms with Crippen molar-refractivity contribution in [2.45, 2.75) is 19.0 Å². The second-order valence-corrected chi connectivity index (χ2v) is 3.56. The second-order valence-electron chi connectivity index (χ2n) is 3.56. The minimum absolute atomic E-state index is 0.0232. The molecule has 5 heteroatoms. The first-order valence-corrected chi connectivity index (χ1v) is 4.68. The zero-order chi connectivity index (χ0) is 12.3. The molecule has 2 atom stereocenters. The van der Waals surface area contributed by atoms with Crippen molar-refractivity contribution in [3.05, 3.63) is 35.9 Å². The monoisotopic (exact) mass is 232 g/mol. The average Bonchev–Trinajstić information content (AvgIpc) is 2.17. The molecule has 0 aliphatic rings. The molecule has 0 aromatic heterocycles. The highest BCUT2D eigenvalue weighted by molar-refractivity contribution is 5.71. The van der Waals surface area contributed by atoms with Crippen LogP contribution < -0.4 is 0 Å². The maximum atomic E-state index is 12.8. The summed E-state index contributed by atoms with van der Waals surface area (Å²) >= 11 is 0. The Bertz CT molecular complexity index is 359. The SMILES string of the molecule is CC(C(=O)O)C(c1ccccc1)C(F)(F)F.